The lowest BCUT2D eigenvalue weighted by atomic mass is 9.87. The van der Waals surface area contributed by atoms with E-state index in [-0.39, 0.29) is 0 Å². The van der Waals surface area contributed by atoms with E-state index >= 15 is 0 Å². The molecule has 1 aromatic carbocycles. The van der Waals surface area contributed by atoms with Crippen LogP contribution in [0.2, 0.25) is 0 Å². The number of methoxy groups -OCH3 is 1. The van der Waals surface area contributed by atoms with Crippen LogP contribution in [0.25, 0.3) is 0 Å². The standard InChI is InChI=1S/C14H20O2/c1-9-6-10(2)12-8-11(3)14(4,15-5)16-13(12)7-9/h6-7,11H,8H2,1-5H3. The Morgan fingerprint density at radius 2 is 2.06 bits per heavy atom. The molecular formula is C14H20O2. The fourth-order valence-corrected chi connectivity index (χ4v) is 2.36. The van der Waals surface area contributed by atoms with E-state index in [2.05, 4.69) is 32.9 Å². The van der Waals surface area contributed by atoms with Crippen molar-refractivity contribution in [1.29, 1.82) is 0 Å². The first-order valence-electron chi connectivity index (χ1n) is 5.80. The second kappa shape index (κ2) is 3.77. The molecule has 2 heteroatoms. The SMILES string of the molecule is COC1(C)Oc2cc(C)cc(C)c2CC1C. The van der Waals surface area contributed by atoms with Gasteiger partial charge >= 0.3 is 0 Å². The van der Waals surface area contributed by atoms with Gasteiger partial charge in [-0.2, -0.15) is 0 Å². The van der Waals surface area contributed by atoms with Crippen molar-refractivity contribution in [3.05, 3.63) is 28.8 Å². The highest BCUT2D eigenvalue weighted by molar-refractivity contribution is 5.45. The first kappa shape index (κ1) is 11.5. The van der Waals surface area contributed by atoms with Gasteiger partial charge in [-0.05, 0) is 43.0 Å². The van der Waals surface area contributed by atoms with Crippen molar-refractivity contribution >= 4 is 0 Å². The van der Waals surface area contributed by atoms with Crippen LogP contribution in [-0.4, -0.2) is 12.9 Å². The second-order valence-electron chi connectivity index (χ2n) is 4.99. The van der Waals surface area contributed by atoms with Crippen molar-refractivity contribution in [2.24, 2.45) is 5.92 Å². The van der Waals surface area contributed by atoms with Gasteiger partial charge in [-0.15, -0.1) is 0 Å². The third-order valence-corrected chi connectivity index (χ3v) is 3.70. The van der Waals surface area contributed by atoms with Gasteiger partial charge in [0.05, 0.1) is 0 Å². The number of ether oxygens (including phenoxy) is 2. The monoisotopic (exact) mass is 220 g/mol. The van der Waals surface area contributed by atoms with Crippen molar-refractivity contribution in [2.45, 2.75) is 39.9 Å². The van der Waals surface area contributed by atoms with Crippen molar-refractivity contribution in [1.82, 2.24) is 0 Å². The van der Waals surface area contributed by atoms with E-state index < -0.39 is 5.79 Å². The van der Waals surface area contributed by atoms with Crippen molar-refractivity contribution in [2.75, 3.05) is 7.11 Å². The predicted octanol–water partition coefficient (Wildman–Crippen LogP) is 3.24. The molecule has 1 aliphatic rings. The van der Waals surface area contributed by atoms with Gasteiger partial charge in [-0.3, -0.25) is 0 Å². The van der Waals surface area contributed by atoms with E-state index in [1.807, 2.05) is 6.92 Å². The summed E-state index contributed by atoms with van der Waals surface area (Å²) < 4.78 is 11.5. The van der Waals surface area contributed by atoms with Crippen LogP contribution < -0.4 is 4.74 Å². The van der Waals surface area contributed by atoms with Gasteiger partial charge in [0.2, 0.25) is 5.79 Å². The Hall–Kier alpha value is -1.02. The number of aryl methyl sites for hydroxylation is 2. The van der Waals surface area contributed by atoms with Crippen LogP contribution in [-0.2, 0) is 11.2 Å². The molecule has 0 N–H and O–H groups in total. The largest absolute Gasteiger partial charge is 0.462 e. The summed E-state index contributed by atoms with van der Waals surface area (Å²) in [6.07, 6.45) is 1.02. The average Bonchev–Trinajstić information content (AvgIpc) is 2.21. The van der Waals surface area contributed by atoms with Gasteiger partial charge < -0.3 is 9.47 Å². The van der Waals surface area contributed by atoms with E-state index in [9.17, 15) is 0 Å². The zero-order valence-corrected chi connectivity index (χ0v) is 10.8. The van der Waals surface area contributed by atoms with Crippen molar-refractivity contribution in [3.63, 3.8) is 0 Å². The number of rotatable bonds is 1. The molecular weight excluding hydrogens is 200 g/mol. The number of benzene rings is 1. The molecule has 0 saturated heterocycles. The molecule has 0 spiro atoms. The maximum Gasteiger partial charge on any atom is 0.210 e. The Morgan fingerprint density at radius 1 is 1.38 bits per heavy atom. The minimum atomic E-state index is -0.493. The molecule has 2 atom stereocenters. The molecule has 1 heterocycles. The highest BCUT2D eigenvalue weighted by Crippen LogP contribution is 2.39. The lowest BCUT2D eigenvalue weighted by Gasteiger charge is -2.40. The number of hydrogen-bond donors (Lipinski definition) is 0. The summed E-state index contributed by atoms with van der Waals surface area (Å²) in [6.45, 7) is 8.43. The van der Waals surface area contributed by atoms with Gasteiger partial charge in [0.15, 0.2) is 0 Å². The molecule has 2 unspecified atom stereocenters. The molecule has 1 aromatic rings. The average molecular weight is 220 g/mol. The maximum atomic E-state index is 6.02. The van der Waals surface area contributed by atoms with Gasteiger partial charge in [-0.25, -0.2) is 0 Å². The first-order valence-corrected chi connectivity index (χ1v) is 5.80. The van der Waals surface area contributed by atoms with E-state index in [0.717, 1.165) is 12.2 Å². The molecule has 0 radical (unpaired) electrons. The maximum absolute atomic E-state index is 6.02. The van der Waals surface area contributed by atoms with Crippen LogP contribution in [0.4, 0.5) is 0 Å². The van der Waals surface area contributed by atoms with E-state index in [1.165, 1.54) is 16.7 Å². The Morgan fingerprint density at radius 3 is 2.69 bits per heavy atom. The molecule has 1 aliphatic heterocycles. The Labute approximate surface area is 97.6 Å². The molecule has 16 heavy (non-hydrogen) atoms. The van der Waals surface area contributed by atoms with Crippen LogP contribution in [0.1, 0.15) is 30.5 Å². The summed E-state index contributed by atoms with van der Waals surface area (Å²) in [6, 6.07) is 4.32. The van der Waals surface area contributed by atoms with Crippen molar-refractivity contribution in [3.8, 4) is 5.75 Å². The van der Waals surface area contributed by atoms with Gasteiger partial charge in [0, 0.05) is 20.0 Å². The number of hydrogen-bond acceptors (Lipinski definition) is 2. The van der Waals surface area contributed by atoms with E-state index in [4.69, 9.17) is 9.47 Å². The highest BCUT2D eigenvalue weighted by Gasteiger charge is 2.38. The van der Waals surface area contributed by atoms with E-state index in [0.29, 0.717) is 5.92 Å². The Kier molecular flexibility index (Phi) is 2.70. The highest BCUT2D eigenvalue weighted by atomic mass is 16.7. The third kappa shape index (κ3) is 1.71. The fraction of sp³-hybridized carbons (Fsp3) is 0.571. The summed E-state index contributed by atoms with van der Waals surface area (Å²) in [5, 5.41) is 0. The van der Waals surface area contributed by atoms with Gasteiger partial charge in [0.25, 0.3) is 0 Å². The lowest BCUT2D eigenvalue weighted by Crippen LogP contribution is -2.45. The normalized spacial score (nSPS) is 28.4. The molecule has 2 rings (SSSR count). The topological polar surface area (TPSA) is 18.5 Å². The summed E-state index contributed by atoms with van der Waals surface area (Å²) in [5.41, 5.74) is 3.89. The van der Waals surface area contributed by atoms with Crippen LogP contribution in [0.3, 0.4) is 0 Å². The molecule has 0 bridgehead atoms. The van der Waals surface area contributed by atoms with Crippen molar-refractivity contribution < 1.29 is 9.47 Å². The Bertz CT molecular complexity index is 411. The molecule has 0 amide bonds. The molecule has 0 saturated carbocycles. The van der Waals surface area contributed by atoms with Crippen LogP contribution in [0, 0.1) is 19.8 Å². The first-order chi connectivity index (χ1) is 7.46. The van der Waals surface area contributed by atoms with Gasteiger partial charge in [0.1, 0.15) is 5.75 Å². The van der Waals surface area contributed by atoms with Crippen LogP contribution in [0.5, 0.6) is 5.75 Å². The summed E-state index contributed by atoms with van der Waals surface area (Å²) in [4.78, 5) is 0. The van der Waals surface area contributed by atoms with Crippen LogP contribution >= 0.6 is 0 Å². The van der Waals surface area contributed by atoms with Gasteiger partial charge in [-0.1, -0.05) is 13.0 Å². The third-order valence-electron chi connectivity index (χ3n) is 3.70. The fourth-order valence-electron chi connectivity index (χ4n) is 2.36. The second-order valence-corrected chi connectivity index (χ2v) is 4.99. The Balaban J connectivity index is 2.47. The van der Waals surface area contributed by atoms with E-state index in [1.54, 1.807) is 7.11 Å². The predicted molar refractivity (Wildman–Crippen MR) is 64.8 cm³/mol. The zero-order valence-electron chi connectivity index (χ0n) is 10.8. The number of fused-ring (bicyclic) bond motifs is 1. The summed E-state index contributed by atoms with van der Waals surface area (Å²) in [7, 11) is 1.71. The molecule has 0 aliphatic carbocycles. The quantitative estimate of drug-likeness (QED) is 0.723. The lowest BCUT2D eigenvalue weighted by molar-refractivity contribution is -0.190. The molecule has 88 valence electrons. The molecule has 2 nitrogen and oxygen atoms in total. The molecule has 0 fully saturated rings. The minimum Gasteiger partial charge on any atom is -0.462 e. The van der Waals surface area contributed by atoms with Crippen LogP contribution in [0.15, 0.2) is 12.1 Å². The zero-order chi connectivity index (χ0) is 11.9. The smallest absolute Gasteiger partial charge is 0.210 e. The summed E-state index contributed by atoms with van der Waals surface area (Å²) >= 11 is 0. The summed E-state index contributed by atoms with van der Waals surface area (Å²) in [5.74, 6) is 0.860. The minimum absolute atomic E-state index is 0.367. The molecule has 0 aromatic heterocycles.